The maximum Gasteiger partial charge on any atom is 0.320 e. The minimum absolute atomic E-state index is 0.0890. The predicted octanol–water partition coefficient (Wildman–Crippen LogP) is 1.38. The quantitative estimate of drug-likeness (QED) is 0.826. The topological polar surface area (TPSA) is 42.0 Å². The maximum absolute atomic E-state index is 12.5. The van der Waals surface area contributed by atoms with Crippen LogP contribution in [0.4, 0.5) is 4.79 Å². The highest BCUT2D eigenvalue weighted by Crippen LogP contribution is 2.14. The third-order valence-electron chi connectivity index (χ3n) is 4.00. The number of urea groups is 1. The summed E-state index contributed by atoms with van der Waals surface area (Å²) in [7, 11) is 0. The van der Waals surface area contributed by atoms with Crippen LogP contribution in [-0.4, -0.2) is 67.9 Å². The van der Waals surface area contributed by atoms with Gasteiger partial charge in [-0.1, -0.05) is 30.3 Å². The van der Waals surface area contributed by atoms with Crippen LogP contribution in [0, 0.1) is 0 Å². The van der Waals surface area contributed by atoms with Crippen molar-refractivity contribution >= 4 is 6.03 Å². The van der Waals surface area contributed by atoms with E-state index in [0.717, 1.165) is 6.42 Å². The van der Waals surface area contributed by atoms with Gasteiger partial charge >= 0.3 is 6.03 Å². The van der Waals surface area contributed by atoms with Crippen LogP contribution in [0.3, 0.4) is 0 Å². The number of amides is 2. The van der Waals surface area contributed by atoms with Gasteiger partial charge in [0, 0.05) is 32.6 Å². The van der Waals surface area contributed by atoms with Crippen molar-refractivity contribution in [2.75, 3.05) is 46.0 Å². The summed E-state index contributed by atoms with van der Waals surface area (Å²) < 4.78 is 11.1. The zero-order valence-electron chi connectivity index (χ0n) is 12.2. The van der Waals surface area contributed by atoms with Crippen molar-refractivity contribution in [1.29, 1.82) is 0 Å². The van der Waals surface area contributed by atoms with E-state index in [1.54, 1.807) is 0 Å². The van der Waals surface area contributed by atoms with E-state index < -0.39 is 0 Å². The summed E-state index contributed by atoms with van der Waals surface area (Å²) in [6, 6.07) is 10.4. The van der Waals surface area contributed by atoms with Crippen molar-refractivity contribution in [1.82, 2.24) is 9.80 Å². The summed E-state index contributed by atoms with van der Waals surface area (Å²) in [5.41, 5.74) is 1.25. The Morgan fingerprint density at radius 3 is 2.52 bits per heavy atom. The second-order valence-electron chi connectivity index (χ2n) is 5.51. The van der Waals surface area contributed by atoms with Crippen LogP contribution in [-0.2, 0) is 15.9 Å². The Hall–Kier alpha value is -1.59. The third-order valence-corrected chi connectivity index (χ3v) is 4.00. The zero-order valence-corrected chi connectivity index (χ0v) is 12.2. The summed E-state index contributed by atoms with van der Waals surface area (Å²) in [6.07, 6.45) is 0.944. The molecule has 0 spiro atoms. The van der Waals surface area contributed by atoms with Gasteiger partial charge in [-0.2, -0.15) is 0 Å². The number of rotatable bonds is 2. The smallest absolute Gasteiger partial charge is 0.320 e. The standard InChI is InChI=1S/C16H22N2O3/c19-16(17-6-9-20-10-7-17)18-8-11-21-15(13-18)12-14-4-2-1-3-5-14/h1-5,15H,6-13H2. The number of carbonyl (C=O) groups excluding carboxylic acids is 1. The monoisotopic (exact) mass is 290 g/mol. The average molecular weight is 290 g/mol. The highest BCUT2D eigenvalue weighted by Gasteiger charge is 2.28. The highest BCUT2D eigenvalue weighted by molar-refractivity contribution is 5.74. The second kappa shape index (κ2) is 6.91. The molecule has 2 heterocycles. The lowest BCUT2D eigenvalue weighted by Gasteiger charge is -2.37. The molecule has 1 unspecified atom stereocenters. The first-order valence-corrected chi connectivity index (χ1v) is 7.60. The van der Waals surface area contributed by atoms with E-state index in [0.29, 0.717) is 46.0 Å². The molecule has 0 N–H and O–H groups in total. The number of ether oxygens (including phenoxy) is 2. The number of morpholine rings is 2. The van der Waals surface area contributed by atoms with Crippen molar-refractivity contribution in [2.45, 2.75) is 12.5 Å². The SMILES string of the molecule is O=C(N1CCOCC1)N1CCOC(Cc2ccccc2)C1. The number of nitrogens with zero attached hydrogens (tertiary/aromatic N) is 2. The van der Waals surface area contributed by atoms with Gasteiger partial charge in [0.05, 0.1) is 25.9 Å². The molecule has 21 heavy (non-hydrogen) atoms. The molecular formula is C16H22N2O3. The van der Waals surface area contributed by atoms with E-state index in [2.05, 4.69) is 12.1 Å². The van der Waals surface area contributed by atoms with E-state index in [9.17, 15) is 4.79 Å². The van der Waals surface area contributed by atoms with Gasteiger partial charge in [0.15, 0.2) is 0 Å². The molecule has 1 aromatic carbocycles. The van der Waals surface area contributed by atoms with Gasteiger partial charge in [0.25, 0.3) is 0 Å². The number of benzene rings is 1. The number of hydrogen-bond acceptors (Lipinski definition) is 3. The van der Waals surface area contributed by atoms with Gasteiger partial charge in [-0.05, 0) is 5.56 Å². The molecule has 2 amide bonds. The van der Waals surface area contributed by atoms with Gasteiger partial charge in [0.1, 0.15) is 0 Å². The van der Waals surface area contributed by atoms with E-state index in [1.165, 1.54) is 5.56 Å². The van der Waals surface area contributed by atoms with Gasteiger partial charge in [-0.3, -0.25) is 0 Å². The van der Waals surface area contributed by atoms with E-state index in [1.807, 2.05) is 28.0 Å². The summed E-state index contributed by atoms with van der Waals surface area (Å²) >= 11 is 0. The lowest BCUT2D eigenvalue weighted by atomic mass is 10.1. The Morgan fingerprint density at radius 2 is 1.76 bits per heavy atom. The van der Waals surface area contributed by atoms with E-state index in [-0.39, 0.29) is 12.1 Å². The summed E-state index contributed by atoms with van der Waals surface area (Å²) in [5.74, 6) is 0. The first-order chi connectivity index (χ1) is 10.3. The van der Waals surface area contributed by atoms with Gasteiger partial charge in [-0.15, -0.1) is 0 Å². The Morgan fingerprint density at radius 1 is 1.05 bits per heavy atom. The number of hydrogen-bond donors (Lipinski definition) is 0. The maximum atomic E-state index is 12.5. The fourth-order valence-electron chi connectivity index (χ4n) is 2.85. The molecule has 5 heteroatoms. The average Bonchev–Trinajstić information content (AvgIpc) is 2.56. The molecule has 2 fully saturated rings. The lowest BCUT2D eigenvalue weighted by Crippen LogP contribution is -2.53. The molecule has 0 bridgehead atoms. The molecule has 0 aliphatic carbocycles. The first-order valence-electron chi connectivity index (χ1n) is 7.60. The fraction of sp³-hybridized carbons (Fsp3) is 0.562. The molecule has 0 radical (unpaired) electrons. The summed E-state index contributed by atoms with van der Waals surface area (Å²) in [6.45, 7) is 4.65. The molecule has 2 aliphatic rings. The van der Waals surface area contributed by atoms with Crippen molar-refractivity contribution in [3.8, 4) is 0 Å². The lowest BCUT2D eigenvalue weighted by molar-refractivity contribution is -0.0245. The van der Waals surface area contributed by atoms with Crippen LogP contribution in [0.5, 0.6) is 0 Å². The van der Waals surface area contributed by atoms with E-state index >= 15 is 0 Å². The minimum Gasteiger partial charge on any atom is -0.378 e. The molecule has 1 atom stereocenters. The van der Waals surface area contributed by atoms with E-state index in [4.69, 9.17) is 9.47 Å². The zero-order chi connectivity index (χ0) is 14.5. The van der Waals surface area contributed by atoms with Gasteiger partial charge in [0.2, 0.25) is 0 Å². The normalized spacial score (nSPS) is 23.1. The van der Waals surface area contributed by atoms with Crippen LogP contribution in [0.25, 0.3) is 0 Å². The number of carbonyl (C=O) groups is 1. The predicted molar refractivity (Wildman–Crippen MR) is 79.2 cm³/mol. The Bertz CT molecular complexity index is 460. The van der Waals surface area contributed by atoms with Crippen molar-refractivity contribution in [2.24, 2.45) is 0 Å². The van der Waals surface area contributed by atoms with Crippen molar-refractivity contribution in [3.05, 3.63) is 35.9 Å². The van der Waals surface area contributed by atoms with Crippen LogP contribution in [0.1, 0.15) is 5.56 Å². The molecule has 2 saturated heterocycles. The first kappa shape index (κ1) is 14.4. The molecule has 2 aliphatic heterocycles. The van der Waals surface area contributed by atoms with Crippen molar-refractivity contribution < 1.29 is 14.3 Å². The van der Waals surface area contributed by atoms with Crippen LogP contribution < -0.4 is 0 Å². The van der Waals surface area contributed by atoms with Gasteiger partial charge < -0.3 is 19.3 Å². The highest BCUT2D eigenvalue weighted by atomic mass is 16.5. The molecule has 114 valence electrons. The van der Waals surface area contributed by atoms with Crippen molar-refractivity contribution in [3.63, 3.8) is 0 Å². The Labute approximate surface area is 125 Å². The molecule has 0 saturated carbocycles. The molecular weight excluding hydrogens is 268 g/mol. The minimum atomic E-state index is 0.0890. The summed E-state index contributed by atoms with van der Waals surface area (Å²) in [4.78, 5) is 16.3. The van der Waals surface area contributed by atoms with Crippen LogP contribution in [0.15, 0.2) is 30.3 Å². The molecule has 0 aromatic heterocycles. The van der Waals surface area contributed by atoms with Gasteiger partial charge in [-0.25, -0.2) is 4.79 Å². The third kappa shape index (κ3) is 3.74. The Balaban J connectivity index is 1.56. The Kier molecular flexibility index (Phi) is 4.72. The largest absolute Gasteiger partial charge is 0.378 e. The fourth-order valence-corrected chi connectivity index (χ4v) is 2.85. The summed E-state index contributed by atoms with van der Waals surface area (Å²) in [5, 5.41) is 0. The van der Waals surface area contributed by atoms with Crippen LogP contribution >= 0.6 is 0 Å². The molecule has 3 rings (SSSR count). The second-order valence-corrected chi connectivity index (χ2v) is 5.51. The molecule has 5 nitrogen and oxygen atoms in total. The van der Waals surface area contributed by atoms with Crippen LogP contribution in [0.2, 0.25) is 0 Å². The molecule has 1 aromatic rings.